The number of aliphatic carboxylic acids is 1. The quantitative estimate of drug-likeness (QED) is 0.409. The van der Waals surface area contributed by atoms with Crippen LogP contribution in [0, 0.1) is 11.3 Å². The van der Waals surface area contributed by atoms with Gasteiger partial charge in [-0.15, -0.1) is 0 Å². The summed E-state index contributed by atoms with van der Waals surface area (Å²) in [5, 5.41) is 31.6. The van der Waals surface area contributed by atoms with E-state index < -0.39 is 18.0 Å². The number of carbonyl (C=O) groups excluding carboxylic acids is 1. The number of hydrogen-bond donors (Lipinski definition) is 4. The molecule has 1 aliphatic heterocycles. The van der Waals surface area contributed by atoms with Gasteiger partial charge in [0.15, 0.2) is 0 Å². The normalized spacial score (nSPS) is 24.1. The lowest BCUT2D eigenvalue weighted by molar-refractivity contribution is -0.147. The summed E-state index contributed by atoms with van der Waals surface area (Å²) < 4.78 is 0. The number of piperidine rings is 1. The number of rotatable bonds is 5. The maximum atomic E-state index is 13.2. The van der Waals surface area contributed by atoms with Crippen LogP contribution in [0.3, 0.4) is 0 Å². The van der Waals surface area contributed by atoms with Crippen molar-refractivity contribution in [2.24, 2.45) is 5.92 Å². The van der Waals surface area contributed by atoms with E-state index in [4.69, 9.17) is 17.0 Å². The summed E-state index contributed by atoms with van der Waals surface area (Å²) in [5.74, 6) is -1.40. The lowest BCUT2D eigenvalue weighted by atomic mass is 9.91. The van der Waals surface area contributed by atoms with Gasteiger partial charge >= 0.3 is 5.97 Å². The Bertz CT molecular complexity index is 941. The highest BCUT2D eigenvalue weighted by molar-refractivity contribution is 6.34. The predicted octanol–water partition coefficient (Wildman–Crippen LogP) is 3.52. The van der Waals surface area contributed by atoms with Gasteiger partial charge in [0.25, 0.3) is 5.91 Å². The fourth-order valence-electron chi connectivity index (χ4n) is 4.63. The molecular weight excluding hydrogens is 418 g/mol. The van der Waals surface area contributed by atoms with Crippen LogP contribution in [0.1, 0.15) is 66.8 Å². The van der Waals surface area contributed by atoms with E-state index in [0.717, 1.165) is 42.5 Å². The van der Waals surface area contributed by atoms with Gasteiger partial charge in [-0.3, -0.25) is 15.0 Å². The van der Waals surface area contributed by atoms with E-state index in [1.165, 1.54) is 0 Å². The van der Waals surface area contributed by atoms with Gasteiger partial charge in [0, 0.05) is 24.4 Å². The Balaban J connectivity index is 1.54. The molecule has 1 saturated carbocycles. The van der Waals surface area contributed by atoms with Crippen molar-refractivity contribution < 1.29 is 19.8 Å². The molecule has 1 unspecified atom stereocenters. The number of amides is 1. The third kappa shape index (κ3) is 4.62. The van der Waals surface area contributed by atoms with Crippen molar-refractivity contribution in [1.29, 1.82) is 5.41 Å². The second-order valence-corrected chi connectivity index (χ2v) is 9.10. The van der Waals surface area contributed by atoms with Crippen molar-refractivity contribution in [1.82, 2.24) is 10.2 Å². The summed E-state index contributed by atoms with van der Waals surface area (Å²) in [4.78, 5) is 26.2. The van der Waals surface area contributed by atoms with Gasteiger partial charge in [-0.1, -0.05) is 23.7 Å². The number of nitrogens with one attached hydrogen (secondary N) is 2. The number of nitrogens with zero attached hydrogens (tertiary/aromatic N) is 1. The van der Waals surface area contributed by atoms with E-state index in [2.05, 4.69) is 5.32 Å². The second kappa shape index (κ2) is 9.01. The first-order valence-electron chi connectivity index (χ1n) is 10.9. The van der Waals surface area contributed by atoms with E-state index in [9.17, 15) is 19.8 Å². The molecule has 3 aliphatic rings. The topological polar surface area (TPSA) is 114 Å². The predicted molar refractivity (Wildman–Crippen MR) is 117 cm³/mol. The molecule has 8 heteroatoms. The fourth-order valence-corrected chi connectivity index (χ4v) is 4.90. The molecule has 7 nitrogen and oxygen atoms in total. The number of benzene rings is 1. The van der Waals surface area contributed by atoms with Crippen LogP contribution in [-0.4, -0.2) is 52.0 Å². The smallest absolute Gasteiger partial charge is 0.309 e. The van der Waals surface area contributed by atoms with E-state index in [-0.39, 0.29) is 24.7 Å². The van der Waals surface area contributed by atoms with Gasteiger partial charge < -0.3 is 20.4 Å². The minimum absolute atomic E-state index is 0.108. The van der Waals surface area contributed by atoms with Gasteiger partial charge in [0.2, 0.25) is 0 Å². The molecule has 166 valence electrons. The van der Waals surface area contributed by atoms with E-state index >= 15 is 0 Å². The first kappa shape index (κ1) is 21.8. The minimum Gasteiger partial charge on any atom is -0.481 e. The van der Waals surface area contributed by atoms with E-state index in [1.807, 2.05) is 12.1 Å². The van der Waals surface area contributed by atoms with Crippen molar-refractivity contribution in [3.05, 3.63) is 45.6 Å². The van der Waals surface area contributed by atoms with Crippen LogP contribution in [0.25, 0.3) is 0 Å². The zero-order chi connectivity index (χ0) is 22.1. The van der Waals surface area contributed by atoms with Crippen molar-refractivity contribution in [2.75, 3.05) is 13.1 Å². The first-order chi connectivity index (χ1) is 14.9. The molecule has 4 N–H and O–H groups in total. The molecule has 2 atom stereocenters. The van der Waals surface area contributed by atoms with E-state index in [0.29, 0.717) is 35.9 Å². The Morgan fingerprint density at radius 3 is 2.58 bits per heavy atom. The molecule has 2 aliphatic carbocycles. The highest BCUT2D eigenvalue weighted by atomic mass is 35.5. The molecule has 0 spiro atoms. The summed E-state index contributed by atoms with van der Waals surface area (Å²) in [6, 6.07) is 5.57. The number of likely N-dealkylation sites (tertiary alicyclic amines) is 1. The monoisotopic (exact) mass is 445 g/mol. The molecule has 1 aromatic carbocycles. The number of amidine groups is 1. The Morgan fingerprint density at radius 1 is 1.16 bits per heavy atom. The molecule has 31 heavy (non-hydrogen) atoms. The highest BCUT2D eigenvalue weighted by Gasteiger charge is 2.35. The Labute approximate surface area is 186 Å². The second-order valence-electron chi connectivity index (χ2n) is 8.69. The number of allylic oxidation sites excluding steroid dienone is 1. The SMILES string of the molecule is N=C(C1=C(NC(=O)c2c(Cl)cccc2C2CC2)CCCC1)N1CCC(C(=O)O)[C@H](O)C1. The van der Waals surface area contributed by atoms with Gasteiger partial charge in [-0.05, 0) is 62.5 Å². The highest BCUT2D eigenvalue weighted by Crippen LogP contribution is 2.43. The number of aliphatic hydroxyl groups excluding tert-OH is 1. The van der Waals surface area contributed by atoms with Crippen LogP contribution in [-0.2, 0) is 4.79 Å². The summed E-state index contributed by atoms with van der Waals surface area (Å²) in [6.45, 7) is 0.505. The molecule has 1 saturated heterocycles. The molecule has 4 rings (SSSR count). The number of aliphatic hydroxyl groups is 1. The Hall–Kier alpha value is -2.38. The number of carbonyl (C=O) groups is 2. The van der Waals surface area contributed by atoms with Gasteiger partial charge in [0.05, 0.1) is 22.6 Å². The molecule has 0 radical (unpaired) electrons. The van der Waals surface area contributed by atoms with Crippen LogP contribution >= 0.6 is 11.6 Å². The zero-order valence-electron chi connectivity index (χ0n) is 17.4. The summed E-state index contributed by atoms with van der Waals surface area (Å²) >= 11 is 6.39. The van der Waals surface area contributed by atoms with Crippen LogP contribution in [0.2, 0.25) is 5.02 Å². The molecule has 2 fully saturated rings. The van der Waals surface area contributed by atoms with Crippen molar-refractivity contribution in [3.8, 4) is 0 Å². The molecule has 0 bridgehead atoms. The van der Waals surface area contributed by atoms with Crippen molar-refractivity contribution >= 4 is 29.3 Å². The fraction of sp³-hybridized carbons (Fsp3) is 0.522. The number of β-amino-alcohol motifs (C(OH)–C–C–N with tert-alkyl or cyclic N) is 1. The maximum Gasteiger partial charge on any atom is 0.309 e. The standard InChI is InChI=1S/C23H28ClN3O4/c24-17-6-3-5-14(13-8-9-13)20(17)22(29)26-18-7-2-1-4-15(18)21(25)27-11-10-16(23(30)31)19(28)12-27/h3,5-6,13,16,19,25,28H,1-2,4,7-12H2,(H,26,29)(H,30,31)/t16?,19-/m1/s1. The summed E-state index contributed by atoms with van der Waals surface area (Å²) in [5.41, 5.74) is 3.00. The number of halogens is 1. The number of carboxylic acid groups (broad SMARTS) is 1. The molecule has 1 amide bonds. The Morgan fingerprint density at radius 2 is 1.90 bits per heavy atom. The average Bonchev–Trinajstić information content (AvgIpc) is 3.58. The molecule has 1 heterocycles. The Kier molecular flexibility index (Phi) is 6.34. The van der Waals surface area contributed by atoms with Crippen LogP contribution in [0.5, 0.6) is 0 Å². The molecule has 1 aromatic rings. The maximum absolute atomic E-state index is 13.2. The van der Waals surface area contributed by atoms with Gasteiger partial charge in [0.1, 0.15) is 5.84 Å². The lowest BCUT2D eigenvalue weighted by Crippen LogP contribution is -2.49. The minimum atomic E-state index is -1.02. The third-order valence-electron chi connectivity index (χ3n) is 6.52. The van der Waals surface area contributed by atoms with Gasteiger partial charge in [-0.2, -0.15) is 0 Å². The number of hydrogen-bond acceptors (Lipinski definition) is 4. The van der Waals surface area contributed by atoms with Crippen molar-refractivity contribution in [3.63, 3.8) is 0 Å². The van der Waals surface area contributed by atoms with E-state index in [1.54, 1.807) is 11.0 Å². The van der Waals surface area contributed by atoms with Crippen LogP contribution in [0.15, 0.2) is 29.5 Å². The van der Waals surface area contributed by atoms with Crippen LogP contribution in [0.4, 0.5) is 0 Å². The first-order valence-corrected chi connectivity index (χ1v) is 11.3. The van der Waals surface area contributed by atoms with Crippen LogP contribution < -0.4 is 5.32 Å². The number of carboxylic acids is 1. The van der Waals surface area contributed by atoms with Crippen molar-refractivity contribution in [2.45, 2.75) is 57.0 Å². The van der Waals surface area contributed by atoms with Gasteiger partial charge in [-0.25, -0.2) is 0 Å². The summed E-state index contributed by atoms with van der Waals surface area (Å²) in [7, 11) is 0. The lowest BCUT2D eigenvalue weighted by Gasteiger charge is -2.37. The average molecular weight is 446 g/mol. The largest absolute Gasteiger partial charge is 0.481 e. The zero-order valence-corrected chi connectivity index (χ0v) is 18.1. The molecule has 0 aromatic heterocycles. The third-order valence-corrected chi connectivity index (χ3v) is 6.84. The molecular formula is C23H28ClN3O4. The summed E-state index contributed by atoms with van der Waals surface area (Å²) in [6.07, 6.45) is 4.58.